The van der Waals surface area contributed by atoms with Crippen molar-refractivity contribution in [3.63, 3.8) is 0 Å². The highest BCUT2D eigenvalue weighted by Crippen LogP contribution is 2.33. The maximum absolute atomic E-state index is 13.6. The lowest BCUT2D eigenvalue weighted by Gasteiger charge is -2.13. The van der Waals surface area contributed by atoms with Gasteiger partial charge in [-0.2, -0.15) is 0 Å². The van der Waals surface area contributed by atoms with Crippen LogP contribution in [-0.2, 0) is 6.42 Å². The fraction of sp³-hybridized carbons (Fsp3) is 0.143. The van der Waals surface area contributed by atoms with Crippen molar-refractivity contribution >= 4 is 39.1 Å². The number of rotatable bonds is 3. The van der Waals surface area contributed by atoms with Gasteiger partial charge in [0.1, 0.15) is 11.6 Å². The molecule has 0 aromatic heterocycles. The van der Waals surface area contributed by atoms with Crippen molar-refractivity contribution < 1.29 is 8.78 Å². The third-order valence-electron chi connectivity index (χ3n) is 2.71. The molecule has 1 unspecified atom stereocenters. The van der Waals surface area contributed by atoms with E-state index in [1.807, 2.05) is 0 Å². The van der Waals surface area contributed by atoms with E-state index in [0.717, 1.165) is 16.1 Å². The Balaban J connectivity index is 2.23. The first-order chi connectivity index (χ1) is 8.97. The van der Waals surface area contributed by atoms with Crippen molar-refractivity contribution in [2.24, 2.45) is 0 Å². The minimum Gasteiger partial charge on any atom is -0.207 e. The molecule has 0 heterocycles. The van der Waals surface area contributed by atoms with Crippen LogP contribution in [0, 0.1) is 11.6 Å². The molecule has 0 aliphatic carbocycles. The van der Waals surface area contributed by atoms with Gasteiger partial charge in [0.25, 0.3) is 0 Å². The number of halogens is 5. The molecule has 5 heteroatoms. The minimum atomic E-state index is -0.597. The lowest BCUT2D eigenvalue weighted by atomic mass is 10.0. The number of benzene rings is 2. The zero-order valence-electron chi connectivity index (χ0n) is 9.64. The van der Waals surface area contributed by atoms with Crippen LogP contribution in [0.1, 0.15) is 16.5 Å². The highest BCUT2D eigenvalue weighted by atomic mass is 79.9. The molecule has 0 amide bonds. The molecule has 2 rings (SSSR count). The van der Waals surface area contributed by atoms with E-state index in [2.05, 4.69) is 15.9 Å². The van der Waals surface area contributed by atoms with Crippen molar-refractivity contribution in [2.75, 3.05) is 0 Å². The summed E-state index contributed by atoms with van der Waals surface area (Å²) in [5, 5.41) is 0.166. The molecular weight excluding hydrogens is 357 g/mol. The molecule has 19 heavy (non-hydrogen) atoms. The van der Waals surface area contributed by atoms with Gasteiger partial charge in [0, 0.05) is 15.6 Å². The van der Waals surface area contributed by atoms with Crippen molar-refractivity contribution in [1.29, 1.82) is 0 Å². The van der Waals surface area contributed by atoms with Gasteiger partial charge in [-0.1, -0.05) is 39.7 Å². The van der Waals surface area contributed by atoms with Crippen LogP contribution in [-0.4, -0.2) is 0 Å². The van der Waals surface area contributed by atoms with Crippen LogP contribution in [0.2, 0.25) is 5.02 Å². The van der Waals surface area contributed by atoms with Crippen LogP contribution in [0.25, 0.3) is 0 Å². The average molecular weight is 366 g/mol. The predicted octanol–water partition coefficient (Wildman–Crippen LogP) is 5.90. The van der Waals surface area contributed by atoms with E-state index in [-0.39, 0.29) is 6.42 Å². The molecule has 0 radical (unpaired) electrons. The summed E-state index contributed by atoms with van der Waals surface area (Å²) in [6.45, 7) is 0. The van der Waals surface area contributed by atoms with Crippen molar-refractivity contribution in [3.05, 3.63) is 68.7 Å². The monoisotopic (exact) mass is 364 g/mol. The third-order valence-corrected chi connectivity index (χ3v) is 4.03. The maximum Gasteiger partial charge on any atom is 0.129 e. The quantitative estimate of drug-likeness (QED) is 0.593. The summed E-state index contributed by atoms with van der Waals surface area (Å²) in [6, 6.07) is 8.72. The van der Waals surface area contributed by atoms with Gasteiger partial charge in [-0.05, 0) is 35.7 Å². The highest BCUT2D eigenvalue weighted by molar-refractivity contribution is 9.10. The standard InChI is InChI=1S/C14H9BrCl2F2/c15-12-6-9(16)2-4-11(12)13(17)5-8-1-3-10(18)7-14(8)19/h1-4,6-7,13H,5H2. The largest absolute Gasteiger partial charge is 0.207 e. The van der Waals surface area contributed by atoms with Crippen LogP contribution in [0.3, 0.4) is 0 Å². The molecule has 0 saturated carbocycles. The molecule has 2 aromatic carbocycles. The molecule has 0 aliphatic heterocycles. The summed E-state index contributed by atoms with van der Waals surface area (Å²) < 4.78 is 27.1. The van der Waals surface area contributed by atoms with Crippen LogP contribution in [0.4, 0.5) is 8.78 Å². The van der Waals surface area contributed by atoms with Crippen LogP contribution < -0.4 is 0 Å². The van der Waals surface area contributed by atoms with Gasteiger partial charge >= 0.3 is 0 Å². The van der Waals surface area contributed by atoms with Gasteiger partial charge in [0.15, 0.2) is 0 Å². The van der Waals surface area contributed by atoms with Gasteiger partial charge in [0.2, 0.25) is 0 Å². The topological polar surface area (TPSA) is 0 Å². The molecule has 0 fully saturated rings. The second kappa shape index (κ2) is 6.21. The Morgan fingerprint density at radius 1 is 1.11 bits per heavy atom. The lowest BCUT2D eigenvalue weighted by Crippen LogP contribution is -2.00. The van der Waals surface area contributed by atoms with E-state index in [4.69, 9.17) is 23.2 Å². The normalized spacial score (nSPS) is 12.5. The second-order valence-electron chi connectivity index (χ2n) is 4.07. The van der Waals surface area contributed by atoms with Crippen LogP contribution in [0.15, 0.2) is 40.9 Å². The van der Waals surface area contributed by atoms with Gasteiger partial charge in [-0.15, -0.1) is 11.6 Å². The average Bonchev–Trinajstić information content (AvgIpc) is 2.32. The molecule has 0 N–H and O–H groups in total. The second-order valence-corrected chi connectivity index (χ2v) is 5.89. The summed E-state index contributed by atoms with van der Waals surface area (Å²) in [6.07, 6.45) is 0.272. The van der Waals surface area contributed by atoms with E-state index in [9.17, 15) is 8.78 Å². The summed E-state index contributed by atoms with van der Waals surface area (Å²) in [7, 11) is 0. The smallest absolute Gasteiger partial charge is 0.129 e. The first kappa shape index (κ1) is 14.8. The summed E-state index contributed by atoms with van der Waals surface area (Å²) in [5.74, 6) is -1.18. The number of alkyl halides is 1. The van der Waals surface area contributed by atoms with Gasteiger partial charge in [0.05, 0.1) is 5.38 Å². The Kier molecular flexibility index (Phi) is 4.82. The van der Waals surface area contributed by atoms with E-state index < -0.39 is 17.0 Å². The van der Waals surface area contributed by atoms with Crippen molar-refractivity contribution in [2.45, 2.75) is 11.8 Å². The Hall–Kier alpha value is -0.640. The molecule has 0 bridgehead atoms. The van der Waals surface area contributed by atoms with E-state index in [1.54, 1.807) is 18.2 Å². The van der Waals surface area contributed by atoms with Crippen LogP contribution >= 0.6 is 39.1 Å². The Bertz CT molecular complexity index is 602. The van der Waals surface area contributed by atoms with Crippen molar-refractivity contribution in [1.82, 2.24) is 0 Å². The van der Waals surface area contributed by atoms with Crippen molar-refractivity contribution in [3.8, 4) is 0 Å². The molecule has 0 saturated heterocycles. The maximum atomic E-state index is 13.6. The third kappa shape index (κ3) is 3.68. The number of hydrogen-bond donors (Lipinski definition) is 0. The zero-order valence-corrected chi connectivity index (χ0v) is 12.7. The van der Waals surface area contributed by atoms with Gasteiger partial charge in [-0.3, -0.25) is 0 Å². The molecule has 2 aromatic rings. The fourth-order valence-electron chi connectivity index (χ4n) is 1.75. The molecule has 0 nitrogen and oxygen atoms in total. The molecule has 0 spiro atoms. The van der Waals surface area contributed by atoms with Gasteiger partial charge in [-0.25, -0.2) is 8.78 Å². The first-order valence-electron chi connectivity index (χ1n) is 5.50. The summed E-state index contributed by atoms with van der Waals surface area (Å²) >= 11 is 15.5. The summed E-state index contributed by atoms with van der Waals surface area (Å²) in [5.41, 5.74) is 1.19. The molecular formula is C14H9BrCl2F2. The Morgan fingerprint density at radius 3 is 2.47 bits per heavy atom. The SMILES string of the molecule is Fc1ccc(CC(Cl)c2ccc(Cl)cc2Br)c(F)c1. The number of hydrogen-bond acceptors (Lipinski definition) is 0. The van der Waals surface area contributed by atoms with E-state index in [1.165, 1.54) is 12.1 Å². The molecule has 1 atom stereocenters. The predicted molar refractivity (Wildman–Crippen MR) is 77.8 cm³/mol. The Morgan fingerprint density at radius 2 is 1.84 bits per heavy atom. The first-order valence-corrected chi connectivity index (χ1v) is 7.11. The molecule has 100 valence electrons. The summed E-state index contributed by atoms with van der Waals surface area (Å²) in [4.78, 5) is 0. The Labute approximate surface area is 128 Å². The fourth-order valence-corrected chi connectivity index (χ4v) is 3.19. The lowest BCUT2D eigenvalue weighted by molar-refractivity contribution is 0.570. The van der Waals surface area contributed by atoms with Gasteiger partial charge < -0.3 is 0 Å². The molecule has 0 aliphatic rings. The minimum absolute atomic E-state index is 0.272. The zero-order chi connectivity index (χ0) is 14.0. The van der Waals surface area contributed by atoms with Crippen LogP contribution in [0.5, 0.6) is 0 Å². The van der Waals surface area contributed by atoms with E-state index >= 15 is 0 Å². The highest BCUT2D eigenvalue weighted by Gasteiger charge is 2.15. The van der Waals surface area contributed by atoms with E-state index in [0.29, 0.717) is 10.6 Å².